The van der Waals surface area contributed by atoms with E-state index in [9.17, 15) is 0 Å². The Balaban J connectivity index is 2.08. The molecular weight excluding hydrogens is 228 g/mol. The van der Waals surface area contributed by atoms with E-state index in [1.54, 1.807) is 11.6 Å². The standard InChI is InChI=1S/C13H18N4O/c1-9-7-15-17-12(18-2)6-11(16-13(9)17)10-4-3-5-14-8-10/h6-7,10,14H,3-5,8H2,1-2H3. The van der Waals surface area contributed by atoms with Crippen molar-refractivity contribution in [3.63, 3.8) is 0 Å². The van der Waals surface area contributed by atoms with Crippen molar-refractivity contribution in [2.24, 2.45) is 0 Å². The first-order chi connectivity index (χ1) is 8.79. The molecule has 3 rings (SSSR count). The number of piperidine rings is 1. The maximum atomic E-state index is 5.41. The highest BCUT2D eigenvalue weighted by atomic mass is 16.5. The lowest BCUT2D eigenvalue weighted by atomic mass is 9.96. The Kier molecular flexibility index (Phi) is 2.91. The van der Waals surface area contributed by atoms with Gasteiger partial charge in [0.15, 0.2) is 5.65 Å². The quantitative estimate of drug-likeness (QED) is 0.872. The van der Waals surface area contributed by atoms with E-state index in [1.165, 1.54) is 12.8 Å². The van der Waals surface area contributed by atoms with Crippen LogP contribution in [0.4, 0.5) is 0 Å². The Morgan fingerprint density at radius 3 is 3.11 bits per heavy atom. The number of nitrogens with one attached hydrogen (secondary N) is 1. The van der Waals surface area contributed by atoms with Crippen LogP contribution in [-0.4, -0.2) is 34.8 Å². The zero-order valence-electron chi connectivity index (χ0n) is 10.8. The zero-order valence-corrected chi connectivity index (χ0v) is 10.8. The van der Waals surface area contributed by atoms with Crippen molar-refractivity contribution >= 4 is 5.65 Å². The molecule has 1 N–H and O–H groups in total. The van der Waals surface area contributed by atoms with Gasteiger partial charge < -0.3 is 10.1 Å². The molecule has 1 atom stereocenters. The molecule has 2 aromatic heterocycles. The summed E-state index contributed by atoms with van der Waals surface area (Å²) < 4.78 is 7.17. The lowest BCUT2D eigenvalue weighted by Crippen LogP contribution is -2.29. The number of fused-ring (bicyclic) bond motifs is 1. The highest BCUT2D eigenvalue weighted by molar-refractivity contribution is 5.48. The van der Waals surface area contributed by atoms with Crippen molar-refractivity contribution in [2.45, 2.75) is 25.7 Å². The first-order valence-corrected chi connectivity index (χ1v) is 6.39. The van der Waals surface area contributed by atoms with E-state index >= 15 is 0 Å². The molecule has 1 unspecified atom stereocenters. The monoisotopic (exact) mass is 246 g/mol. The van der Waals surface area contributed by atoms with Crippen LogP contribution in [0.25, 0.3) is 5.65 Å². The highest BCUT2D eigenvalue weighted by Crippen LogP contribution is 2.26. The molecule has 1 aliphatic heterocycles. The maximum Gasteiger partial charge on any atom is 0.217 e. The van der Waals surface area contributed by atoms with Gasteiger partial charge in [-0.3, -0.25) is 0 Å². The molecule has 0 amide bonds. The lowest BCUT2D eigenvalue weighted by molar-refractivity contribution is 0.381. The summed E-state index contributed by atoms with van der Waals surface area (Å²) in [5.74, 6) is 1.24. The largest absolute Gasteiger partial charge is 0.481 e. The second-order valence-corrected chi connectivity index (χ2v) is 4.83. The summed E-state index contributed by atoms with van der Waals surface area (Å²) in [5, 5.41) is 7.71. The van der Waals surface area contributed by atoms with Crippen LogP contribution in [-0.2, 0) is 0 Å². The summed E-state index contributed by atoms with van der Waals surface area (Å²) in [6, 6.07) is 2.01. The number of methoxy groups -OCH3 is 1. The van der Waals surface area contributed by atoms with Crippen molar-refractivity contribution in [1.82, 2.24) is 19.9 Å². The van der Waals surface area contributed by atoms with Gasteiger partial charge in [-0.25, -0.2) is 4.98 Å². The van der Waals surface area contributed by atoms with E-state index in [-0.39, 0.29) is 0 Å². The average Bonchev–Trinajstić information content (AvgIpc) is 2.81. The van der Waals surface area contributed by atoms with E-state index in [2.05, 4.69) is 10.4 Å². The molecule has 0 aromatic carbocycles. The molecule has 1 fully saturated rings. The molecule has 0 spiro atoms. The third-order valence-corrected chi connectivity index (χ3v) is 3.56. The van der Waals surface area contributed by atoms with Gasteiger partial charge >= 0.3 is 0 Å². The third kappa shape index (κ3) is 1.84. The van der Waals surface area contributed by atoms with Crippen LogP contribution in [0, 0.1) is 6.92 Å². The summed E-state index contributed by atoms with van der Waals surface area (Å²) in [6.45, 7) is 4.14. The molecule has 1 aliphatic rings. The molecular formula is C13H18N4O. The minimum absolute atomic E-state index is 0.479. The SMILES string of the molecule is COc1cc(C2CCCNC2)nc2c(C)cnn12. The summed E-state index contributed by atoms with van der Waals surface area (Å²) >= 11 is 0. The number of aromatic nitrogens is 3. The van der Waals surface area contributed by atoms with E-state index in [0.717, 1.165) is 35.9 Å². The van der Waals surface area contributed by atoms with Gasteiger partial charge in [0, 0.05) is 24.1 Å². The summed E-state index contributed by atoms with van der Waals surface area (Å²) in [4.78, 5) is 4.75. The molecule has 1 saturated heterocycles. The van der Waals surface area contributed by atoms with Gasteiger partial charge in [-0.1, -0.05) is 0 Å². The van der Waals surface area contributed by atoms with Crippen LogP contribution in [0.5, 0.6) is 5.88 Å². The number of hydrogen-bond acceptors (Lipinski definition) is 4. The topological polar surface area (TPSA) is 51.5 Å². The molecule has 0 saturated carbocycles. The van der Waals surface area contributed by atoms with Crippen molar-refractivity contribution in [2.75, 3.05) is 20.2 Å². The predicted molar refractivity (Wildman–Crippen MR) is 69.1 cm³/mol. The van der Waals surface area contributed by atoms with Crippen molar-refractivity contribution < 1.29 is 4.74 Å². The molecule has 5 nitrogen and oxygen atoms in total. The summed E-state index contributed by atoms with van der Waals surface area (Å²) in [7, 11) is 1.68. The van der Waals surface area contributed by atoms with Crippen LogP contribution in [0.1, 0.15) is 30.0 Å². The van der Waals surface area contributed by atoms with Crippen LogP contribution in [0.15, 0.2) is 12.3 Å². The number of hydrogen-bond donors (Lipinski definition) is 1. The van der Waals surface area contributed by atoms with Crippen molar-refractivity contribution in [1.29, 1.82) is 0 Å². The molecule has 0 bridgehead atoms. The fraction of sp³-hybridized carbons (Fsp3) is 0.538. The first kappa shape index (κ1) is 11.5. The van der Waals surface area contributed by atoms with E-state index in [0.29, 0.717) is 5.92 Å². The fourth-order valence-electron chi connectivity index (χ4n) is 2.52. The molecule has 96 valence electrons. The Hall–Kier alpha value is -1.62. The third-order valence-electron chi connectivity index (χ3n) is 3.56. The van der Waals surface area contributed by atoms with Crippen LogP contribution in [0.3, 0.4) is 0 Å². The van der Waals surface area contributed by atoms with Gasteiger partial charge in [0.1, 0.15) is 0 Å². The van der Waals surface area contributed by atoms with E-state index in [1.807, 2.05) is 19.2 Å². The second kappa shape index (κ2) is 4.57. The van der Waals surface area contributed by atoms with Gasteiger partial charge in [0.2, 0.25) is 5.88 Å². The normalized spacial score (nSPS) is 20.2. The zero-order chi connectivity index (χ0) is 12.5. The smallest absolute Gasteiger partial charge is 0.217 e. The van der Waals surface area contributed by atoms with Gasteiger partial charge in [0.25, 0.3) is 0 Å². The molecule has 0 radical (unpaired) electrons. The molecule has 3 heterocycles. The van der Waals surface area contributed by atoms with Crippen molar-refractivity contribution in [3.8, 4) is 5.88 Å². The van der Waals surface area contributed by atoms with Gasteiger partial charge in [0.05, 0.1) is 19.0 Å². The molecule has 2 aromatic rings. The van der Waals surface area contributed by atoms with Crippen LogP contribution in [0.2, 0.25) is 0 Å². The minimum Gasteiger partial charge on any atom is -0.481 e. The molecule has 5 heteroatoms. The Morgan fingerprint density at radius 1 is 1.50 bits per heavy atom. The second-order valence-electron chi connectivity index (χ2n) is 4.83. The van der Waals surface area contributed by atoms with E-state index in [4.69, 9.17) is 9.72 Å². The van der Waals surface area contributed by atoms with Gasteiger partial charge in [-0.05, 0) is 26.3 Å². The fourth-order valence-corrected chi connectivity index (χ4v) is 2.52. The summed E-state index contributed by atoms with van der Waals surface area (Å²) in [5.41, 5.74) is 3.09. The minimum atomic E-state index is 0.479. The maximum absolute atomic E-state index is 5.41. The Labute approximate surface area is 106 Å². The van der Waals surface area contributed by atoms with Gasteiger partial charge in [-0.15, -0.1) is 0 Å². The molecule has 0 aliphatic carbocycles. The summed E-state index contributed by atoms with van der Waals surface area (Å²) in [6.07, 6.45) is 4.22. The number of rotatable bonds is 2. The number of aryl methyl sites for hydroxylation is 1. The average molecular weight is 246 g/mol. The van der Waals surface area contributed by atoms with Crippen LogP contribution >= 0.6 is 0 Å². The Morgan fingerprint density at radius 2 is 2.39 bits per heavy atom. The first-order valence-electron chi connectivity index (χ1n) is 6.39. The highest BCUT2D eigenvalue weighted by Gasteiger charge is 2.19. The van der Waals surface area contributed by atoms with Crippen molar-refractivity contribution in [3.05, 3.63) is 23.5 Å². The Bertz CT molecular complexity index is 557. The lowest BCUT2D eigenvalue weighted by Gasteiger charge is -2.22. The van der Waals surface area contributed by atoms with E-state index < -0.39 is 0 Å². The van der Waals surface area contributed by atoms with Crippen LogP contribution < -0.4 is 10.1 Å². The predicted octanol–water partition coefficient (Wildman–Crippen LogP) is 1.51. The number of ether oxygens (including phenoxy) is 1. The molecule has 18 heavy (non-hydrogen) atoms. The van der Waals surface area contributed by atoms with Gasteiger partial charge in [-0.2, -0.15) is 9.61 Å². The number of nitrogens with zero attached hydrogens (tertiary/aromatic N) is 3.